The SMILES string of the molecule is CSCCC(NC(=O)C(CCC(=O)O)NC(=O)C(CCCN=C(N)N)NC(=O)C(N)CC(C)C)C(=O)O. The number of rotatable bonds is 19. The van der Waals surface area contributed by atoms with Gasteiger partial charge in [0.15, 0.2) is 5.96 Å². The van der Waals surface area contributed by atoms with Gasteiger partial charge in [0.1, 0.15) is 18.1 Å². The summed E-state index contributed by atoms with van der Waals surface area (Å²) in [5.41, 5.74) is 16.6. The number of hydrogen-bond acceptors (Lipinski definition) is 8. The molecule has 0 radical (unpaired) electrons. The molecule has 4 unspecified atom stereocenters. The van der Waals surface area contributed by atoms with Crippen LogP contribution < -0.4 is 33.2 Å². The Morgan fingerprint density at radius 2 is 1.41 bits per heavy atom. The van der Waals surface area contributed by atoms with E-state index in [2.05, 4.69) is 20.9 Å². The van der Waals surface area contributed by atoms with Crippen LogP contribution in [0.5, 0.6) is 0 Å². The average molecular weight is 548 g/mol. The van der Waals surface area contributed by atoms with E-state index in [4.69, 9.17) is 22.3 Å². The van der Waals surface area contributed by atoms with Crippen LogP contribution in [0.4, 0.5) is 0 Å². The van der Waals surface area contributed by atoms with E-state index in [1.807, 2.05) is 13.8 Å². The summed E-state index contributed by atoms with van der Waals surface area (Å²) >= 11 is 1.40. The number of carboxylic acid groups (broad SMARTS) is 2. The first-order valence-corrected chi connectivity index (χ1v) is 13.3. The summed E-state index contributed by atoms with van der Waals surface area (Å²) in [6.45, 7) is 3.96. The lowest BCUT2D eigenvalue weighted by molar-refractivity contribution is -0.143. The molecule has 3 amide bonds. The van der Waals surface area contributed by atoms with Gasteiger partial charge < -0.3 is 43.4 Å². The maximum atomic E-state index is 13.1. The van der Waals surface area contributed by atoms with Crippen molar-refractivity contribution in [3.05, 3.63) is 0 Å². The van der Waals surface area contributed by atoms with Crippen LogP contribution >= 0.6 is 11.8 Å². The molecule has 0 aliphatic rings. The van der Waals surface area contributed by atoms with Gasteiger partial charge in [0, 0.05) is 13.0 Å². The van der Waals surface area contributed by atoms with E-state index < -0.39 is 60.2 Å². The van der Waals surface area contributed by atoms with Crippen LogP contribution in [-0.2, 0) is 24.0 Å². The lowest BCUT2D eigenvalue weighted by Crippen LogP contribution is -2.57. The Kier molecular flexibility index (Phi) is 16.7. The fourth-order valence-electron chi connectivity index (χ4n) is 3.24. The smallest absolute Gasteiger partial charge is 0.326 e. The number of aliphatic imine (C=N–C) groups is 1. The zero-order valence-corrected chi connectivity index (χ0v) is 22.4. The van der Waals surface area contributed by atoms with Crippen molar-refractivity contribution in [2.75, 3.05) is 18.6 Å². The molecule has 14 nitrogen and oxygen atoms in total. The van der Waals surface area contributed by atoms with Gasteiger partial charge in [-0.05, 0) is 50.0 Å². The summed E-state index contributed by atoms with van der Waals surface area (Å²) < 4.78 is 0. The van der Waals surface area contributed by atoms with E-state index in [1.165, 1.54) is 11.8 Å². The number of carboxylic acids is 2. The standard InChI is InChI=1S/C22H41N7O7S/c1-12(2)11-13(23)18(32)27-14(5-4-9-26-22(24)25)19(33)28-15(6-7-17(30)31)20(34)29-16(21(35)36)8-10-37-3/h12-16H,4-11,23H2,1-3H3,(H,27,32)(H,28,33)(H,29,34)(H,30,31)(H,35,36)(H4,24,25,26). The monoisotopic (exact) mass is 547 g/mol. The molecule has 0 fully saturated rings. The summed E-state index contributed by atoms with van der Waals surface area (Å²) in [6, 6.07) is -4.55. The second-order valence-electron chi connectivity index (χ2n) is 8.92. The van der Waals surface area contributed by atoms with Crippen molar-refractivity contribution < 1.29 is 34.2 Å². The normalized spacial score (nSPS) is 14.1. The van der Waals surface area contributed by atoms with Gasteiger partial charge in [-0.15, -0.1) is 0 Å². The molecule has 0 spiro atoms. The highest BCUT2D eigenvalue weighted by atomic mass is 32.2. The van der Waals surface area contributed by atoms with Gasteiger partial charge in [0.2, 0.25) is 17.7 Å². The fraction of sp³-hybridized carbons (Fsp3) is 0.727. The van der Waals surface area contributed by atoms with Gasteiger partial charge in [-0.25, -0.2) is 4.79 Å². The number of amides is 3. The third kappa shape index (κ3) is 15.6. The van der Waals surface area contributed by atoms with Gasteiger partial charge in [-0.2, -0.15) is 11.8 Å². The minimum absolute atomic E-state index is 0.0987. The largest absolute Gasteiger partial charge is 0.481 e. The Morgan fingerprint density at radius 1 is 0.865 bits per heavy atom. The van der Waals surface area contributed by atoms with Crippen molar-refractivity contribution in [1.29, 1.82) is 0 Å². The highest BCUT2D eigenvalue weighted by molar-refractivity contribution is 7.98. The molecule has 0 saturated heterocycles. The first-order valence-electron chi connectivity index (χ1n) is 11.9. The van der Waals surface area contributed by atoms with E-state index in [1.54, 1.807) is 6.26 Å². The highest BCUT2D eigenvalue weighted by Gasteiger charge is 2.30. The Hall–Kier alpha value is -3.07. The van der Waals surface area contributed by atoms with Crippen molar-refractivity contribution in [3.63, 3.8) is 0 Å². The summed E-state index contributed by atoms with van der Waals surface area (Å²) in [5, 5.41) is 25.8. The van der Waals surface area contributed by atoms with Gasteiger partial charge in [0.25, 0.3) is 0 Å². The lowest BCUT2D eigenvalue weighted by Gasteiger charge is -2.25. The first-order chi connectivity index (χ1) is 17.3. The van der Waals surface area contributed by atoms with Gasteiger partial charge in [-0.3, -0.25) is 24.2 Å². The lowest BCUT2D eigenvalue weighted by atomic mass is 10.0. The van der Waals surface area contributed by atoms with E-state index in [0.29, 0.717) is 18.6 Å². The molecule has 15 heteroatoms. The molecule has 0 heterocycles. The Labute approximate surface area is 220 Å². The summed E-state index contributed by atoms with van der Waals surface area (Å²) in [6.07, 6.45) is 1.96. The molecule has 0 aromatic carbocycles. The number of aliphatic carboxylic acids is 2. The molecule has 0 saturated carbocycles. The number of hydrogen-bond donors (Lipinski definition) is 8. The number of nitrogens with zero attached hydrogens (tertiary/aromatic N) is 1. The van der Waals surface area contributed by atoms with E-state index in [0.717, 1.165) is 0 Å². The molecule has 0 aliphatic heterocycles. The number of guanidine groups is 1. The predicted molar refractivity (Wildman–Crippen MR) is 141 cm³/mol. The zero-order valence-electron chi connectivity index (χ0n) is 21.6. The molecule has 11 N–H and O–H groups in total. The van der Waals surface area contributed by atoms with Gasteiger partial charge >= 0.3 is 11.9 Å². The molecule has 212 valence electrons. The number of carbonyl (C=O) groups excluding carboxylic acids is 3. The number of carbonyl (C=O) groups is 5. The third-order valence-corrected chi connectivity index (χ3v) is 5.79. The number of nitrogens with two attached hydrogens (primary N) is 3. The molecule has 0 bridgehead atoms. The van der Waals surface area contributed by atoms with Crippen LogP contribution in [0, 0.1) is 5.92 Å². The molecule has 0 aliphatic carbocycles. The minimum atomic E-state index is -1.35. The molecule has 0 aromatic rings. The topological polar surface area (TPSA) is 252 Å². The highest BCUT2D eigenvalue weighted by Crippen LogP contribution is 2.08. The van der Waals surface area contributed by atoms with Crippen molar-refractivity contribution in [1.82, 2.24) is 16.0 Å². The number of nitrogens with one attached hydrogen (secondary N) is 3. The van der Waals surface area contributed by atoms with Crippen molar-refractivity contribution in [2.24, 2.45) is 28.1 Å². The fourth-order valence-corrected chi connectivity index (χ4v) is 3.71. The molecular weight excluding hydrogens is 506 g/mol. The quantitative estimate of drug-likeness (QED) is 0.0528. The van der Waals surface area contributed by atoms with E-state index in [-0.39, 0.29) is 37.7 Å². The number of thioether (sulfide) groups is 1. The summed E-state index contributed by atoms with van der Waals surface area (Å²) in [7, 11) is 0. The summed E-state index contributed by atoms with van der Waals surface area (Å²) in [4.78, 5) is 65.0. The average Bonchev–Trinajstić information content (AvgIpc) is 2.79. The van der Waals surface area contributed by atoms with Gasteiger partial charge in [0.05, 0.1) is 6.04 Å². The Morgan fingerprint density at radius 3 is 1.89 bits per heavy atom. The summed E-state index contributed by atoms with van der Waals surface area (Å²) in [5.74, 6) is -4.16. The minimum Gasteiger partial charge on any atom is -0.481 e. The van der Waals surface area contributed by atoms with Crippen LogP contribution in [-0.4, -0.2) is 88.6 Å². The maximum absolute atomic E-state index is 13.1. The van der Waals surface area contributed by atoms with Gasteiger partial charge in [-0.1, -0.05) is 13.8 Å². The molecule has 0 rings (SSSR count). The second-order valence-corrected chi connectivity index (χ2v) is 9.91. The van der Waals surface area contributed by atoms with Crippen molar-refractivity contribution in [2.45, 2.75) is 76.5 Å². The van der Waals surface area contributed by atoms with E-state index >= 15 is 0 Å². The Balaban J connectivity index is 5.65. The van der Waals surface area contributed by atoms with E-state index in [9.17, 15) is 29.1 Å². The Bertz CT molecular complexity index is 806. The van der Waals surface area contributed by atoms with Crippen LogP contribution in [0.15, 0.2) is 4.99 Å². The van der Waals surface area contributed by atoms with Crippen molar-refractivity contribution >= 4 is 47.4 Å². The third-order valence-electron chi connectivity index (χ3n) is 5.15. The first kappa shape index (κ1) is 33.9. The van der Waals surface area contributed by atoms with Crippen LogP contribution in [0.1, 0.15) is 52.4 Å². The van der Waals surface area contributed by atoms with Crippen molar-refractivity contribution in [3.8, 4) is 0 Å². The van der Waals surface area contributed by atoms with Crippen LogP contribution in [0.3, 0.4) is 0 Å². The second kappa shape index (κ2) is 18.2. The predicted octanol–water partition coefficient (Wildman–Crippen LogP) is -1.43. The maximum Gasteiger partial charge on any atom is 0.326 e. The molecule has 37 heavy (non-hydrogen) atoms. The molecule has 0 aromatic heterocycles. The molecular formula is C22H41N7O7S. The zero-order chi connectivity index (χ0) is 28.5. The molecule has 4 atom stereocenters. The van der Waals surface area contributed by atoms with Crippen LogP contribution in [0.25, 0.3) is 0 Å². The van der Waals surface area contributed by atoms with Crippen LogP contribution in [0.2, 0.25) is 0 Å².